The van der Waals surface area contributed by atoms with Gasteiger partial charge in [-0.2, -0.15) is 0 Å². The minimum absolute atomic E-state index is 0.0458. The third-order valence-electron chi connectivity index (χ3n) is 4.30. The lowest BCUT2D eigenvalue weighted by Gasteiger charge is -2.06. The zero-order chi connectivity index (χ0) is 19.5. The first-order valence-electron chi connectivity index (χ1n) is 8.95. The number of amides is 1. The summed E-state index contributed by atoms with van der Waals surface area (Å²) in [7, 11) is 0. The first kappa shape index (κ1) is 18.7. The summed E-state index contributed by atoms with van der Waals surface area (Å²) in [6, 6.07) is 13.9. The summed E-state index contributed by atoms with van der Waals surface area (Å²) in [4.78, 5) is 24.8. The number of nitrogens with zero attached hydrogens (tertiary/aromatic N) is 2. The van der Waals surface area contributed by atoms with Gasteiger partial charge in [-0.15, -0.1) is 11.3 Å². The molecule has 0 saturated heterocycles. The van der Waals surface area contributed by atoms with Crippen molar-refractivity contribution in [3.63, 3.8) is 0 Å². The van der Waals surface area contributed by atoms with Crippen LogP contribution in [0.5, 0.6) is 0 Å². The predicted octanol–water partition coefficient (Wildman–Crippen LogP) is 5.11. The zero-order valence-electron chi connectivity index (χ0n) is 15.7. The lowest BCUT2D eigenvalue weighted by Crippen LogP contribution is -2.15. The van der Waals surface area contributed by atoms with Crippen LogP contribution < -0.4 is 5.32 Å². The molecule has 0 unspecified atom stereocenters. The van der Waals surface area contributed by atoms with E-state index in [9.17, 15) is 4.79 Å². The second kappa shape index (κ2) is 8.16. The maximum Gasteiger partial charge on any atom is 0.231 e. The number of H-pyrrole nitrogens is 1. The van der Waals surface area contributed by atoms with Crippen molar-refractivity contribution in [3.8, 4) is 0 Å². The molecule has 0 saturated carbocycles. The normalized spacial score (nSPS) is 11.1. The number of carbonyl (C=O) groups excluding carboxylic acids is 1. The van der Waals surface area contributed by atoms with E-state index >= 15 is 0 Å². The molecule has 0 aliphatic carbocycles. The number of imidazole rings is 1. The molecule has 0 spiro atoms. The summed E-state index contributed by atoms with van der Waals surface area (Å²) in [5, 5.41) is 6.67. The number of aromatic amines is 1. The van der Waals surface area contributed by atoms with Gasteiger partial charge in [0.2, 0.25) is 5.91 Å². The molecule has 1 amide bonds. The van der Waals surface area contributed by atoms with Crippen molar-refractivity contribution in [3.05, 3.63) is 69.7 Å². The maximum absolute atomic E-state index is 12.3. The van der Waals surface area contributed by atoms with Crippen molar-refractivity contribution in [2.45, 2.75) is 31.2 Å². The summed E-state index contributed by atoms with van der Waals surface area (Å²) >= 11 is 3.14. The fourth-order valence-corrected chi connectivity index (χ4v) is 4.53. The van der Waals surface area contributed by atoms with Gasteiger partial charge in [-0.25, -0.2) is 9.97 Å². The van der Waals surface area contributed by atoms with Crippen LogP contribution in [0.1, 0.15) is 21.8 Å². The maximum atomic E-state index is 12.3. The Morgan fingerprint density at radius 1 is 1.18 bits per heavy atom. The Balaban J connectivity index is 1.34. The highest BCUT2D eigenvalue weighted by Gasteiger charge is 2.11. The molecule has 0 aliphatic rings. The van der Waals surface area contributed by atoms with E-state index in [2.05, 4.69) is 39.3 Å². The second-order valence-electron chi connectivity index (χ2n) is 6.62. The van der Waals surface area contributed by atoms with Crippen LogP contribution in [0, 0.1) is 13.8 Å². The monoisotopic (exact) mass is 408 g/mol. The molecular weight excluding hydrogens is 388 g/mol. The number of rotatable bonds is 6. The minimum Gasteiger partial charge on any atom is -0.333 e. The van der Waals surface area contributed by atoms with Crippen molar-refractivity contribution < 1.29 is 4.79 Å². The van der Waals surface area contributed by atoms with Crippen LogP contribution in [0.3, 0.4) is 0 Å². The predicted molar refractivity (Wildman–Crippen MR) is 116 cm³/mol. The molecule has 2 aromatic carbocycles. The molecule has 142 valence electrons. The average Bonchev–Trinajstić information content (AvgIpc) is 3.27. The Labute approximate surface area is 171 Å². The molecule has 4 aromatic rings. The highest BCUT2D eigenvalue weighted by atomic mass is 32.2. The van der Waals surface area contributed by atoms with Crippen molar-refractivity contribution in [2.75, 3.05) is 5.32 Å². The van der Waals surface area contributed by atoms with E-state index in [-0.39, 0.29) is 12.3 Å². The van der Waals surface area contributed by atoms with E-state index in [1.165, 1.54) is 16.9 Å². The van der Waals surface area contributed by atoms with Gasteiger partial charge in [-0.1, -0.05) is 36.0 Å². The first-order chi connectivity index (χ1) is 13.6. The Kier molecular flexibility index (Phi) is 5.45. The SMILES string of the molecule is Cc1ccc2nc(SCc3csc(CC(=O)Nc4ccccc4C)n3)[nH]c2c1. The Bertz CT molecular complexity index is 1130. The fraction of sp³-hybridized carbons (Fsp3) is 0.190. The third kappa shape index (κ3) is 4.43. The van der Waals surface area contributed by atoms with Crippen molar-refractivity contribution >= 4 is 45.7 Å². The van der Waals surface area contributed by atoms with Crippen LogP contribution in [0.25, 0.3) is 11.0 Å². The van der Waals surface area contributed by atoms with Crippen LogP contribution >= 0.6 is 23.1 Å². The number of para-hydroxylation sites is 1. The number of aryl methyl sites for hydroxylation is 2. The van der Waals surface area contributed by atoms with Crippen LogP contribution in [0.15, 0.2) is 53.0 Å². The van der Waals surface area contributed by atoms with E-state index in [0.717, 1.165) is 38.1 Å². The number of thiazole rings is 1. The number of fused-ring (bicyclic) bond motifs is 1. The summed E-state index contributed by atoms with van der Waals surface area (Å²) < 4.78 is 0. The largest absolute Gasteiger partial charge is 0.333 e. The number of anilines is 1. The van der Waals surface area contributed by atoms with Crippen LogP contribution in [-0.2, 0) is 17.0 Å². The third-order valence-corrected chi connectivity index (χ3v) is 6.11. The van der Waals surface area contributed by atoms with Gasteiger partial charge in [-0.05, 0) is 43.2 Å². The second-order valence-corrected chi connectivity index (χ2v) is 8.53. The minimum atomic E-state index is -0.0458. The summed E-state index contributed by atoms with van der Waals surface area (Å²) in [6.45, 7) is 4.05. The molecular formula is C21H20N4OS2. The molecule has 0 fully saturated rings. The van der Waals surface area contributed by atoms with Crippen molar-refractivity contribution in [1.82, 2.24) is 15.0 Å². The van der Waals surface area contributed by atoms with E-state index < -0.39 is 0 Å². The van der Waals surface area contributed by atoms with Gasteiger partial charge in [0, 0.05) is 16.8 Å². The molecule has 2 N–H and O–H groups in total. The smallest absolute Gasteiger partial charge is 0.231 e. The van der Waals surface area contributed by atoms with Gasteiger partial charge in [0.25, 0.3) is 0 Å². The van der Waals surface area contributed by atoms with Crippen LogP contribution in [-0.4, -0.2) is 20.9 Å². The standard InChI is InChI=1S/C21H20N4OS2/c1-13-7-8-17-18(9-13)25-21(24-17)28-12-15-11-27-20(22-15)10-19(26)23-16-6-4-3-5-14(16)2/h3-9,11H,10,12H2,1-2H3,(H,23,26)(H,24,25). The quantitative estimate of drug-likeness (QED) is 0.435. The lowest BCUT2D eigenvalue weighted by molar-refractivity contribution is -0.115. The van der Waals surface area contributed by atoms with Gasteiger partial charge in [0.15, 0.2) is 5.16 Å². The van der Waals surface area contributed by atoms with E-state index in [4.69, 9.17) is 0 Å². The number of nitrogens with one attached hydrogen (secondary N) is 2. The number of hydrogen-bond acceptors (Lipinski definition) is 5. The number of thioether (sulfide) groups is 1. The Morgan fingerprint density at radius 3 is 2.89 bits per heavy atom. The molecule has 7 heteroatoms. The van der Waals surface area contributed by atoms with Crippen molar-refractivity contribution in [1.29, 1.82) is 0 Å². The Morgan fingerprint density at radius 2 is 2.04 bits per heavy atom. The zero-order valence-corrected chi connectivity index (χ0v) is 17.3. The number of benzene rings is 2. The lowest BCUT2D eigenvalue weighted by atomic mass is 10.2. The highest BCUT2D eigenvalue weighted by molar-refractivity contribution is 7.98. The molecule has 0 atom stereocenters. The molecule has 28 heavy (non-hydrogen) atoms. The molecule has 2 aromatic heterocycles. The molecule has 5 nitrogen and oxygen atoms in total. The van der Waals surface area contributed by atoms with Gasteiger partial charge < -0.3 is 10.3 Å². The Hall–Kier alpha value is -2.64. The van der Waals surface area contributed by atoms with Gasteiger partial charge in [-0.3, -0.25) is 4.79 Å². The number of aromatic nitrogens is 3. The van der Waals surface area contributed by atoms with Crippen LogP contribution in [0.2, 0.25) is 0 Å². The average molecular weight is 409 g/mol. The first-order valence-corrected chi connectivity index (χ1v) is 10.8. The van der Waals surface area contributed by atoms with Crippen molar-refractivity contribution in [2.24, 2.45) is 0 Å². The molecule has 4 rings (SSSR count). The molecule has 2 heterocycles. The number of hydrogen-bond donors (Lipinski definition) is 2. The molecule has 0 aliphatic heterocycles. The fourth-order valence-electron chi connectivity index (χ4n) is 2.85. The summed E-state index contributed by atoms with van der Waals surface area (Å²) in [5.74, 6) is 0.671. The highest BCUT2D eigenvalue weighted by Crippen LogP contribution is 2.24. The van der Waals surface area contributed by atoms with Gasteiger partial charge in [0.05, 0.1) is 23.1 Å². The topological polar surface area (TPSA) is 70.7 Å². The van der Waals surface area contributed by atoms with E-state index in [0.29, 0.717) is 5.75 Å². The van der Waals surface area contributed by atoms with Gasteiger partial charge >= 0.3 is 0 Å². The van der Waals surface area contributed by atoms with Crippen LogP contribution in [0.4, 0.5) is 5.69 Å². The van der Waals surface area contributed by atoms with E-state index in [1.54, 1.807) is 11.8 Å². The summed E-state index contributed by atoms with van der Waals surface area (Å²) in [5.41, 5.74) is 6.09. The number of carbonyl (C=O) groups is 1. The summed E-state index contributed by atoms with van der Waals surface area (Å²) in [6.07, 6.45) is 0.285. The van der Waals surface area contributed by atoms with Gasteiger partial charge in [0.1, 0.15) is 5.01 Å². The molecule has 0 radical (unpaired) electrons. The molecule has 0 bridgehead atoms. The van der Waals surface area contributed by atoms with E-state index in [1.807, 2.05) is 42.6 Å².